The van der Waals surface area contributed by atoms with Gasteiger partial charge in [-0.25, -0.2) is 0 Å². The molecule has 1 rings (SSSR count). The number of aliphatic hydroxyl groups excluding tert-OH is 1. The van der Waals surface area contributed by atoms with Crippen LogP contribution in [0.4, 0.5) is 0 Å². The van der Waals surface area contributed by atoms with E-state index >= 15 is 0 Å². The zero-order valence-corrected chi connectivity index (χ0v) is 15.2. The van der Waals surface area contributed by atoms with Crippen LogP contribution >= 0.6 is 0 Å². The number of aliphatic hydroxyl groups is 1. The van der Waals surface area contributed by atoms with E-state index in [0.29, 0.717) is 12.5 Å². The maximum atomic E-state index is 9.30. The van der Waals surface area contributed by atoms with E-state index in [4.69, 9.17) is 9.47 Å². The van der Waals surface area contributed by atoms with Crippen LogP contribution in [0.5, 0.6) is 0 Å². The number of allylic oxidation sites excluding steroid dienone is 1. The Morgan fingerprint density at radius 1 is 1.09 bits per heavy atom. The lowest BCUT2D eigenvalue weighted by atomic mass is 10.00. The van der Waals surface area contributed by atoms with Gasteiger partial charge in [0.2, 0.25) is 0 Å². The minimum Gasteiger partial charge on any atom is -0.396 e. The van der Waals surface area contributed by atoms with E-state index in [9.17, 15) is 5.11 Å². The third kappa shape index (κ3) is 11.7. The Balaban J connectivity index is 1.81. The molecule has 3 nitrogen and oxygen atoms in total. The van der Waals surface area contributed by atoms with E-state index in [1.807, 2.05) is 0 Å². The number of ether oxygens (including phenoxy) is 2. The average molecular weight is 327 g/mol. The molecule has 0 spiro atoms. The van der Waals surface area contributed by atoms with Crippen LogP contribution in [0.25, 0.3) is 0 Å². The van der Waals surface area contributed by atoms with Crippen LogP contribution in [0.1, 0.15) is 84.0 Å². The average Bonchev–Trinajstić information content (AvgIpc) is 2.60. The van der Waals surface area contributed by atoms with Crippen LogP contribution in [0.15, 0.2) is 12.2 Å². The van der Waals surface area contributed by atoms with Crippen LogP contribution in [-0.2, 0) is 9.47 Å². The Labute approximate surface area is 143 Å². The molecule has 0 bridgehead atoms. The van der Waals surface area contributed by atoms with Gasteiger partial charge in [-0.2, -0.15) is 0 Å². The summed E-state index contributed by atoms with van der Waals surface area (Å²) in [6.45, 7) is 4.15. The molecule has 0 aromatic heterocycles. The first-order chi connectivity index (χ1) is 11.4. The van der Waals surface area contributed by atoms with E-state index in [2.05, 4.69) is 19.1 Å². The molecular weight excluding hydrogens is 288 g/mol. The molecule has 1 N–H and O–H groups in total. The Bertz CT molecular complexity index is 272. The van der Waals surface area contributed by atoms with Crippen molar-refractivity contribution in [3.63, 3.8) is 0 Å². The molecule has 1 saturated heterocycles. The molecule has 0 radical (unpaired) electrons. The molecule has 0 amide bonds. The molecule has 1 aliphatic heterocycles. The third-order valence-corrected chi connectivity index (χ3v) is 4.54. The lowest BCUT2D eigenvalue weighted by Gasteiger charge is -2.22. The smallest absolute Gasteiger partial charge is 0.157 e. The maximum Gasteiger partial charge on any atom is 0.157 e. The van der Waals surface area contributed by atoms with Crippen molar-refractivity contribution in [2.45, 2.75) is 90.3 Å². The second-order valence-electron chi connectivity index (χ2n) is 6.71. The van der Waals surface area contributed by atoms with Gasteiger partial charge in [-0.3, -0.25) is 0 Å². The summed E-state index contributed by atoms with van der Waals surface area (Å²) in [4.78, 5) is 0. The predicted octanol–water partition coefficient (Wildman–Crippen LogP) is 5.23. The minimum atomic E-state index is 0.0741. The van der Waals surface area contributed by atoms with Gasteiger partial charge >= 0.3 is 0 Å². The van der Waals surface area contributed by atoms with Crippen molar-refractivity contribution in [3.05, 3.63) is 12.2 Å². The quantitative estimate of drug-likeness (QED) is 0.351. The highest BCUT2D eigenvalue weighted by molar-refractivity contribution is 4.87. The first-order valence-corrected chi connectivity index (χ1v) is 9.87. The fourth-order valence-corrected chi connectivity index (χ4v) is 3.03. The van der Waals surface area contributed by atoms with Gasteiger partial charge in [-0.05, 0) is 44.4 Å². The molecule has 3 heteroatoms. The highest BCUT2D eigenvalue weighted by atomic mass is 16.7. The highest BCUT2D eigenvalue weighted by Crippen LogP contribution is 2.16. The van der Waals surface area contributed by atoms with E-state index in [1.54, 1.807) is 0 Å². The van der Waals surface area contributed by atoms with Gasteiger partial charge in [0, 0.05) is 19.8 Å². The molecule has 2 unspecified atom stereocenters. The summed E-state index contributed by atoms with van der Waals surface area (Å²) in [5, 5.41) is 9.30. The molecule has 1 fully saturated rings. The van der Waals surface area contributed by atoms with Crippen molar-refractivity contribution in [1.82, 2.24) is 0 Å². The topological polar surface area (TPSA) is 38.7 Å². The van der Waals surface area contributed by atoms with Crippen molar-refractivity contribution < 1.29 is 14.6 Å². The van der Waals surface area contributed by atoms with Crippen molar-refractivity contribution in [3.8, 4) is 0 Å². The molecule has 0 saturated carbocycles. The summed E-state index contributed by atoms with van der Waals surface area (Å²) in [5.74, 6) is 0.370. The van der Waals surface area contributed by atoms with E-state index in [0.717, 1.165) is 38.9 Å². The van der Waals surface area contributed by atoms with Crippen LogP contribution in [0.2, 0.25) is 0 Å². The van der Waals surface area contributed by atoms with Gasteiger partial charge in [-0.1, -0.05) is 57.6 Å². The second-order valence-corrected chi connectivity index (χ2v) is 6.71. The second kappa shape index (κ2) is 15.2. The van der Waals surface area contributed by atoms with Gasteiger partial charge < -0.3 is 14.6 Å². The maximum absolute atomic E-state index is 9.30. The SMILES string of the molecule is CC/C=C/C(CO)CCCCCCCCCOC1CCCCO1. The molecule has 1 heterocycles. The minimum absolute atomic E-state index is 0.0741. The van der Waals surface area contributed by atoms with E-state index in [-0.39, 0.29) is 6.29 Å². The molecular formula is C20H38O3. The number of hydrogen-bond acceptors (Lipinski definition) is 3. The Morgan fingerprint density at radius 2 is 1.83 bits per heavy atom. The van der Waals surface area contributed by atoms with Crippen LogP contribution in [0, 0.1) is 5.92 Å². The Morgan fingerprint density at radius 3 is 2.48 bits per heavy atom. The standard InChI is InChI=1S/C20H38O3/c1-2-3-13-19(18-21)14-9-7-5-4-6-8-11-16-22-20-15-10-12-17-23-20/h3,13,19-21H,2,4-12,14-18H2,1H3/b13-3+. The summed E-state index contributed by atoms with van der Waals surface area (Å²) >= 11 is 0. The van der Waals surface area contributed by atoms with E-state index in [1.165, 1.54) is 51.4 Å². The fraction of sp³-hybridized carbons (Fsp3) is 0.900. The lowest BCUT2D eigenvalue weighted by Crippen LogP contribution is -2.22. The summed E-state index contributed by atoms with van der Waals surface area (Å²) in [5.41, 5.74) is 0. The molecule has 1 aliphatic rings. The molecule has 136 valence electrons. The zero-order valence-electron chi connectivity index (χ0n) is 15.2. The summed E-state index contributed by atoms with van der Waals surface area (Å²) in [6.07, 6.45) is 19.0. The molecule has 0 aromatic carbocycles. The fourth-order valence-electron chi connectivity index (χ4n) is 3.03. The predicted molar refractivity (Wildman–Crippen MR) is 96.5 cm³/mol. The van der Waals surface area contributed by atoms with Crippen molar-refractivity contribution >= 4 is 0 Å². The van der Waals surface area contributed by atoms with Gasteiger partial charge in [0.25, 0.3) is 0 Å². The lowest BCUT2D eigenvalue weighted by molar-refractivity contribution is -0.162. The zero-order chi connectivity index (χ0) is 16.6. The first kappa shape index (κ1) is 20.7. The molecule has 23 heavy (non-hydrogen) atoms. The molecule has 0 aliphatic carbocycles. The number of hydrogen-bond donors (Lipinski definition) is 1. The van der Waals surface area contributed by atoms with Crippen LogP contribution in [0.3, 0.4) is 0 Å². The largest absolute Gasteiger partial charge is 0.396 e. The van der Waals surface area contributed by atoms with Gasteiger partial charge in [0.15, 0.2) is 6.29 Å². The number of unbranched alkanes of at least 4 members (excludes halogenated alkanes) is 6. The molecule has 0 aromatic rings. The van der Waals surface area contributed by atoms with Crippen LogP contribution < -0.4 is 0 Å². The summed E-state index contributed by atoms with van der Waals surface area (Å²) < 4.78 is 11.3. The van der Waals surface area contributed by atoms with Crippen molar-refractivity contribution in [2.24, 2.45) is 5.92 Å². The Hall–Kier alpha value is -0.380. The third-order valence-electron chi connectivity index (χ3n) is 4.54. The Kier molecular flexibility index (Phi) is 13.6. The number of rotatable bonds is 14. The summed E-state index contributed by atoms with van der Waals surface area (Å²) in [7, 11) is 0. The monoisotopic (exact) mass is 326 g/mol. The summed E-state index contributed by atoms with van der Waals surface area (Å²) in [6, 6.07) is 0. The van der Waals surface area contributed by atoms with Gasteiger partial charge in [0.05, 0.1) is 0 Å². The first-order valence-electron chi connectivity index (χ1n) is 9.87. The van der Waals surface area contributed by atoms with Crippen molar-refractivity contribution in [2.75, 3.05) is 19.8 Å². The van der Waals surface area contributed by atoms with Crippen molar-refractivity contribution in [1.29, 1.82) is 0 Å². The van der Waals surface area contributed by atoms with Gasteiger partial charge in [-0.15, -0.1) is 0 Å². The highest BCUT2D eigenvalue weighted by Gasteiger charge is 2.13. The van der Waals surface area contributed by atoms with Crippen LogP contribution in [-0.4, -0.2) is 31.2 Å². The van der Waals surface area contributed by atoms with E-state index < -0.39 is 0 Å². The molecule has 2 atom stereocenters. The van der Waals surface area contributed by atoms with Gasteiger partial charge in [0.1, 0.15) is 0 Å². The normalized spacial score (nSPS) is 20.2.